The lowest BCUT2D eigenvalue weighted by Gasteiger charge is -1.97. The van der Waals surface area contributed by atoms with Gasteiger partial charge < -0.3 is 17.2 Å². The van der Waals surface area contributed by atoms with Crippen molar-refractivity contribution >= 4 is 29.6 Å². The third kappa shape index (κ3) is 1.66. The van der Waals surface area contributed by atoms with E-state index in [0.29, 0.717) is 17.2 Å². The molecule has 0 aliphatic carbocycles. The second-order valence-corrected chi connectivity index (χ2v) is 1.74. The van der Waals surface area contributed by atoms with Gasteiger partial charge in [-0.2, -0.15) is 0 Å². The van der Waals surface area contributed by atoms with E-state index in [1.807, 2.05) is 0 Å². The van der Waals surface area contributed by atoms with Crippen LogP contribution in [0.15, 0.2) is 12.3 Å². The minimum absolute atomic E-state index is 0. The molecule has 4 nitrogen and oxygen atoms in total. The van der Waals surface area contributed by atoms with Crippen molar-refractivity contribution in [1.29, 1.82) is 0 Å². The Morgan fingerprint density at radius 2 is 1.70 bits per heavy atom. The first-order valence-electron chi connectivity index (χ1n) is 2.46. The van der Waals surface area contributed by atoms with Crippen LogP contribution in [0.4, 0.5) is 17.2 Å². The summed E-state index contributed by atoms with van der Waals surface area (Å²) in [6, 6.07) is 1.52. The van der Waals surface area contributed by atoms with Crippen LogP contribution in [0.25, 0.3) is 0 Å². The summed E-state index contributed by atoms with van der Waals surface area (Å²) in [4.78, 5) is 3.71. The van der Waals surface area contributed by atoms with Gasteiger partial charge in [0.1, 0.15) is 5.82 Å². The summed E-state index contributed by atoms with van der Waals surface area (Å²) in [6.45, 7) is 0. The molecule has 0 radical (unpaired) electrons. The van der Waals surface area contributed by atoms with Gasteiger partial charge in [0.05, 0.1) is 17.6 Å². The van der Waals surface area contributed by atoms with Crippen molar-refractivity contribution in [1.82, 2.24) is 4.98 Å². The van der Waals surface area contributed by atoms with Gasteiger partial charge in [0.25, 0.3) is 0 Å². The highest BCUT2D eigenvalue weighted by Gasteiger charge is 1.92. The molecular formula is C5H9ClN4. The van der Waals surface area contributed by atoms with Gasteiger partial charge in [0.2, 0.25) is 0 Å². The van der Waals surface area contributed by atoms with E-state index < -0.39 is 0 Å². The van der Waals surface area contributed by atoms with Crippen molar-refractivity contribution in [3.63, 3.8) is 0 Å². The van der Waals surface area contributed by atoms with Gasteiger partial charge in [-0.05, 0) is 0 Å². The van der Waals surface area contributed by atoms with E-state index in [4.69, 9.17) is 17.2 Å². The predicted octanol–water partition coefficient (Wildman–Crippen LogP) is 0.250. The number of aromatic nitrogens is 1. The van der Waals surface area contributed by atoms with Crippen LogP contribution in [-0.2, 0) is 0 Å². The molecule has 1 rings (SSSR count). The van der Waals surface area contributed by atoms with Gasteiger partial charge in [0, 0.05) is 6.07 Å². The van der Waals surface area contributed by atoms with Crippen molar-refractivity contribution in [2.75, 3.05) is 17.2 Å². The van der Waals surface area contributed by atoms with E-state index in [0.717, 1.165) is 0 Å². The molecule has 0 saturated carbocycles. The summed E-state index contributed by atoms with van der Waals surface area (Å²) in [5, 5.41) is 0. The summed E-state index contributed by atoms with van der Waals surface area (Å²) < 4.78 is 0. The van der Waals surface area contributed by atoms with E-state index in [-0.39, 0.29) is 12.4 Å². The summed E-state index contributed by atoms with van der Waals surface area (Å²) in [6.07, 6.45) is 1.44. The predicted molar refractivity (Wildman–Crippen MR) is 44.7 cm³/mol. The van der Waals surface area contributed by atoms with E-state index in [1.54, 1.807) is 0 Å². The molecule has 0 saturated heterocycles. The average molecular weight is 161 g/mol. The Hall–Kier alpha value is -1.16. The number of pyridine rings is 1. The fraction of sp³-hybridized carbons (Fsp3) is 0. The van der Waals surface area contributed by atoms with Gasteiger partial charge >= 0.3 is 0 Å². The maximum absolute atomic E-state index is 5.38. The van der Waals surface area contributed by atoms with Crippen molar-refractivity contribution in [3.05, 3.63) is 12.3 Å². The third-order valence-electron chi connectivity index (χ3n) is 0.989. The molecule has 0 bridgehead atoms. The molecule has 1 aromatic heterocycles. The van der Waals surface area contributed by atoms with Crippen molar-refractivity contribution in [2.45, 2.75) is 0 Å². The highest BCUT2D eigenvalue weighted by molar-refractivity contribution is 5.85. The first-order chi connectivity index (χ1) is 4.20. The van der Waals surface area contributed by atoms with Crippen LogP contribution in [0.3, 0.4) is 0 Å². The van der Waals surface area contributed by atoms with Crippen LogP contribution < -0.4 is 17.2 Å². The first-order valence-corrected chi connectivity index (χ1v) is 2.46. The Bertz CT molecular complexity index is 225. The van der Waals surface area contributed by atoms with Gasteiger partial charge in [-0.25, -0.2) is 4.98 Å². The lowest BCUT2D eigenvalue weighted by molar-refractivity contribution is 1.34. The summed E-state index contributed by atoms with van der Waals surface area (Å²) in [7, 11) is 0. The van der Waals surface area contributed by atoms with Crippen molar-refractivity contribution < 1.29 is 0 Å². The normalized spacial score (nSPS) is 8.40. The highest BCUT2D eigenvalue weighted by Crippen LogP contribution is 2.13. The standard InChI is InChI=1S/C5H8N4.ClH/c6-3-1-5(8)9-2-4(3)7;/h1-2H,7H2,(H4,6,8,9);1H. The van der Waals surface area contributed by atoms with Crippen molar-refractivity contribution in [3.8, 4) is 0 Å². The largest absolute Gasteiger partial charge is 0.397 e. The van der Waals surface area contributed by atoms with E-state index in [1.165, 1.54) is 12.3 Å². The Balaban J connectivity index is 0.000000810. The zero-order chi connectivity index (χ0) is 6.85. The zero-order valence-electron chi connectivity index (χ0n) is 5.24. The quantitative estimate of drug-likeness (QED) is 0.508. The fourth-order valence-electron chi connectivity index (χ4n) is 0.499. The fourth-order valence-corrected chi connectivity index (χ4v) is 0.499. The second kappa shape index (κ2) is 3.12. The van der Waals surface area contributed by atoms with Crippen LogP contribution in [0.5, 0.6) is 0 Å². The molecule has 1 heterocycles. The van der Waals surface area contributed by atoms with Crippen LogP contribution in [-0.4, -0.2) is 4.98 Å². The average Bonchev–Trinajstić information content (AvgIpc) is 1.80. The smallest absolute Gasteiger partial charge is 0.125 e. The zero-order valence-corrected chi connectivity index (χ0v) is 6.06. The Kier molecular flexibility index (Phi) is 2.76. The Morgan fingerprint density at radius 3 is 2.10 bits per heavy atom. The van der Waals surface area contributed by atoms with Crippen LogP contribution in [0, 0.1) is 0 Å². The maximum atomic E-state index is 5.38. The second-order valence-electron chi connectivity index (χ2n) is 1.74. The Morgan fingerprint density at radius 1 is 1.10 bits per heavy atom. The number of rotatable bonds is 0. The molecule has 0 spiro atoms. The van der Waals surface area contributed by atoms with E-state index in [9.17, 15) is 0 Å². The molecule has 0 atom stereocenters. The van der Waals surface area contributed by atoms with Crippen LogP contribution >= 0.6 is 12.4 Å². The summed E-state index contributed by atoms with van der Waals surface area (Å²) in [5.41, 5.74) is 16.9. The molecule has 1 aromatic rings. The van der Waals surface area contributed by atoms with Gasteiger partial charge in [0.15, 0.2) is 0 Å². The number of nitrogens with zero attached hydrogens (tertiary/aromatic N) is 1. The lowest BCUT2D eigenvalue weighted by atomic mass is 10.3. The summed E-state index contributed by atoms with van der Waals surface area (Å²) >= 11 is 0. The van der Waals surface area contributed by atoms with Crippen LogP contribution in [0.2, 0.25) is 0 Å². The number of hydrogen-bond donors (Lipinski definition) is 3. The first kappa shape index (κ1) is 8.84. The lowest BCUT2D eigenvalue weighted by Crippen LogP contribution is -1.98. The molecule has 0 unspecified atom stereocenters. The number of nitrogens with two attached hydrogens (primary N) is 3. The molecular weight excluding hydrogens is 152 g/mol. The molecule has 56 valence electrons. The van der Waals surface area contributed by atoms with Gasteiger partial charge in [-0.15, -0.1) is 12.4 Å². The number of nitrogen functional groups attached to an aromatic ring is 3. The molecule has 6 N–H and O–H groups in total. The number of halogens is 1. The molecule has 0 fully saturated rings. The summed E-state index contributed by atoms with van der Waals surface area (Å²) in [5.74, 6) is 0.390. The van der Waals surface area contributed by atoms with Crippen LogP contribution in [0.1, 0.15) is 0 Å². The molecule has 0 aromatic carbocycles. The molecule has 0 aliphatic rings. The molecule has 0 amide bonds. The number of hydrogen-bond acceptors (Lipinski definition) is 4. The maximum Gasteiger partial charge on any atom is 0.125 e. The van der Waals surface area contributed by atoms with Gasteiger partial charge in [-0.3, -0.25) is 0 Å². The Labute approximate surface area is 64.8 Å². The highest BCUT2D eigenvalue weighted by atomic mass is 35.5. The molecule has 5 heteroatoms. The monoisotopic (exact) mass is 160 g/mol. The van der Waals surface area contributed by atoms with E-state index in [2.05, 4.69) is 4.98 Å². The SMILES string of the molecule is Cl.Nc1cc(N)c(N)cn1. The minimum atomic E-state index is 0. The number of anilines is 3. The van der Waals surface area contributed by atoms with E-state index >= 15 is 0 Å². The minimum Gasteiger partial charge on any atom is -0.397 e. The van der Waals surface area contributed by atoms with Gasteiger partial charge in [-0.1, -0.05) is 0 Å². The molecule has 10 heavy (non-hydrogen) atoms. The van der Waals surface area contributed by atoms with Crippen molar-refractivity contribution in [2.24, 2.45) is 0 Å². The molecule has 0 aliphatic heterocycles. The topological polar surface area (TPSA) is 91.0 Å². The third-order valence-corrected chi connectivity index (χ3v) is 0.989.